The van der Waals surface area contributed by atoms with Crippen LogP contribution in [0.15, 0.2) is 30.9 Å². The molecule has 2 atom stereocenters. The number of hydrazine groups is 1. The molecule has 0 aliphatic carbocycles. The maximum atomic E-state index is 13.4. The highest BCUT2D eigenvalue weighted by molar-refractivity contribution is 6.35. The first-order valence-electron chi connectivity index (χ1n) is 10.3. The summed E-state index contributed by atoms with van der Waals surface area (Å²) in [6.07, 6.45) is 1.96. The van der Waals surface area contributed by atoms with Crippen molar-refractivity contribution in [3.05, 3.63) is 46.5 Å². The normalized spacial score (nSPS) is 22.2. The first kappa shape index (κ1) is 23.6. The Hall–Kier alpha value is -2.09. The van der Waals surface area contributed by atoms with E-state index in [1.54, 1.807) is 51.1 Å². The molecule has 2 heterocycles. The van der Waals surface area contributed by atoms with E-state index in [1.807, 2.05) is 13.8 Å². The Morgan fingerprint density at radius 2 is 2.00 bits per heavy atom. The molecule has 0 N–H and O–H groups in total. The second kappa shape index (κ2) is 9.59. The van der Waals surface area contributed by atoms with E-state index in [-0.39, 0.29) is 49.7 Å². The number of fused-ring (bicyclic) bond motifs is 1. The molecule has 0 spiro atoms. The lowest BCUT2D eigenvalue weighted by Crippen LogP contribution is -2.75. The van der Waals surface area contributed by atoms with Crippen LogP contribution in [0.2, 0.25) is 10.0 Å². The first-order chi connectivity index (χ1) is 14.6. The van der Waals surface area contributed by atoms with Gasteiger partial charge in [0.1, 0.15) is 12.2 Å². The lowest BCUT2D eigenvalue weighted by molar-refractivity contribution is -0.205. The van der Waals surface area contributed by atoms with Gasteiger partial charge in [-0.05, 0) is 30.0 Å². The number of hydrogen-bond donors (Lipinski definition) is 0. The maximum absolute atomic E-state index is 13.4. The summed E-state index contributed by atoms with van der Waals surface area (Å²) in [5, 5.41) is 4.25. The van der Waals surface area contributed by atoms with Gasteiger partial charge < -0.3 is 9.80 Å². The van der Waals surface area contributed by atoms with E-state index in [0.717, 1.165) is 5.56 Å². The van der Waals surface area contributed by atoms with Gasteiger partial charge in [0.2, 0.25) is 17.7 Å². The van der Waals surface area contributed by atoms with Gasteiger partial charge in [-0.1, -0.05) is 49.2 Å². The summed E-state index contributed by atoms with van der Waals surface area (Å²) in [5.74, 6) is -0.521. The Bertz CT molecular complexity index is 892. The number of carbonyl (C=O) groups is 3. The summed E-state index contributed by atoms with van der Waals surface area (Å²) in [7, 11) is 1.72. The Morgan fingerprint density at radius 3 is 2.61 bits per heavy atom. The third-order valence-electron chi connectivity index (χ3n) is 5.70. The smallest absolute Gasteiger partial charge is 0.246 e. The van der Waals surface area contributed by atoms with Crippen LogP contribution in [0.25, 0.3) is 0 Å². The van der Waals surface area contributed by atoms with Gasteiger partial charge in [-0.15, -0.1) is 6.58 Å². The number of nitrogens with zero attached hydrogens (tertiary/aromatic N) is 4. The van der Waals surface area contributed by atoms with Crippen LogP contribution in [0.5, 0.6) is 0 Å². The van der Waals surface area contributed by atoms with Crippen LogP contribution in [-0.4, -0.2) is 69.9 Å². The van der Waals surface area contributed by atoms with E-state index >= 15 is 0 Å². The summed E-state index contributed by atoms with van der Waals surface area (Å²) in [6, 6.07) is 4.51. The Kier molecular flexibility index (Phi) is 7.29. The van der Waals surface area contributed by atoms with Gasteiger partial charge in [0, 0.05) is 30.1 Å². The molecule has 7 nitrogen and oxygen atoms in total. The van der Waals surface area contributed by atoms with Crippen LogP contribution in [0.3, 0.4) is 0 Å². The summed E-state index contributed by atoms with van der Waals surface area (Å²) >= 11 is 12.4. The van der Waals surface area contributed by atoms with E-state index < -0.39 is 12.2 Å². The van der Waals surface area contributed by atoms with Crippen molar-refractivity contribution in [2.45, 2.75) is 45.4 Å². The van der Waals surface area contributed by atoms with Crippen molar-refractivity contribution in [3.63, 3.8) is 0 Å². The quantitative estimate of drug-likeness (QED) is 0.603. The van der Waals surface area contributed by atoms with Gasteiger partial charge in [0.15, 0.2) is 0 Å². The predicted octanol–water partition coefficient (Wildman–Crippen LogP) is 3.17. The molecule has 3 amide bonds. The van der Waals surface area contributed by atoms with Crippen LogP contribution in [0.1, 0.15) is 32.3 Å². The highest BCUT2D eigenvalue weighted by Crippen LogP contribution is 2.31. The first-order valence-corrected chi connectivity index (χ1v) is 11.1. The Morgan fingerprint density at radius 1 is 1.29 bits per heavy atom. The Labute approximate surface area is 193 Å². The van der Waals surface area contributed by atoms with Gasteiger partial charge in [-0.3, -0.25) is 19.4 Å². The largest absolute Gasteiger partial charge is 0.332 e. The Balaban J connectivity index is 1.97. The molecule has 31 heavy (non-hydrogen) atoms. The SMILES string of the molecule is C=CCCC(=O)N1[C@H]2CN(Cc3ccc(Cl)cc3Cl)C(=O)[C@H](C(C)C)N2C(=O)CN1C. The van der Waals surface area contributed by atoms with Gasteiger partial charge in [-0.25, -0.2) is 5.01 Å². The van der Waals surface area contributed by atoms with Crippen molar-refractivity contribution in [2.24, 2.45) is 5.92 Å². The van der Waals surface area contributed by atoms with Crippen LogP contribution in [0.4, 0.5) is 0 Å². The van der Waals surface area contributed by atoms with Crippen molar-refractivity contribution in [1.82, 2.24) is 19.8 Å². The molecule has 2 fully saturated rings. The standard InChI is InChI=1S/C22H28Cl2N4O3/c1-5-6-7-19(29)28-18-12-26(11-15-8-9-16(23)10-17(15)24)22(31)21(14(2)3)27(18)20(30)13-25(28)4/h5,8-10,14,18,21H,1,6-7,11-13H2,2-4H3/t18-,21-/m0/s1. The number of amides is 3. The van der Waals surface area contributed by atoms with Crippen LogP contribution in [0, 0.1) is 5.92 Å². The lowest BCUT2D eigenvalue weighted by Gasteiger charge is -2.55. The van der Waals surface area contributed by atoms with Gasteiger partial charge in [0.25, 0.3) is 0 Å². The van der Waals surface area contributed by atoms with Crippen molar-refractivity contribution >= 4 is 40.9 Å². The molecule has 9 heteroatoms. The van der Waals surface area contributed by atoms with Gasteiger partial charge in [0.05, 0.1) is 13.1 Å². The minimum Gasteiger partial charge on any atom is -0.332 e. The number of rotatable bonds is 6. The predicted molar refractivity (Wildman–Crippen MR) is 120 cm³/mol. The molecule has 2 aliphatic heterocycles. The number of carbonyl (C=O) groups excluding carboxylic acids is 3. The number of piperazine rings is 1. The monoisotopic (exact) mass is 466 g/mol. The molecule has 1 aromatic carbocycles. The average Bonchev–Trinajstić information content (AvgIpc) is 2.69. The zero-order valence-corrected chi connectivity index (χ0v) is 19.6. The van der Waals surface area contributed by atoms with Gasteiger partial charge in [-0.2, -0.15) is 0 Å². The van der Waals surface area contributed by atoms with Crippen LogP contribution in [-0.2, 0) is 20.9 Å². The molecular formula is C22H28Cl2N4O3. The second-order valence-corrected chi connectivity index (χ2v) is 9.15. The van der Waals surface area contributed by atoms with E-state index in [1.165, 1.54) is 0 Å². The summed E-state index contributed by atoms with van der Waals surface area (Å²) in [6.45, 7) is 8.04. The molecule has 2 saturated heterocycles. The lowest BCUT2D eigenvalue weighted by atomic mass is 9.95. The van der Waals surface area contributed by atoms with E-state index in [2.05, 4.69) is 6.58 Å². The molecule has 0 bridgehead atoms. The minimum absolute atomic E-state index is 0.0514. The highest BCUT2D eigenvalue weighted by Gasteiger charge is 2.51. The topological polar surface area (TPSA) is 64.2 Å². The van der Waals surface area contributed by atoms with Crippen molar-refractivity contribution in [3.8, 4) is 0 Å². The molecule has 0 radical (unpaired) electrons. The van der Waals surface area contributed by atoms with Crippen LogP contribution < -0.4 is 0 Å². The van der Waals surface area contributed by atoms with Crippen LogP contribution >= 0.6 is 23.2 Å². The third-order valence-corrected chi connectivity index (χ3v) is 6.28. The minimum atomic E-state index is -0.652. The number of allylic oxidation sites excluding steroid dienone is 1. The molecular weight excluding hydrogens is 439 g/mol. The number of benzene rings is 1. The van der Waals surface area contributed by atoms with Crippen molar-refractivity contribution in [1.29, 1.82) is 0 Å². The summed E-state index contributed by atoms with van der Waals surface area (Å²) in [5.41, 5.74) is 0.760. The summed E-state index contributed by atoms with van der Waals surface area (Å²) in [4.78, 5) is 42.7. The fraction of sp³-hybridized carbons (Fsp3) is 0.500. The molecule has 0 aromatic heterocycles. The van der Waals surface area contributed by atoms with E-state index in [4.69, 9.17) is 23.2 Å². The fourth-order valence-electron chi connectivity index (χ4n) is 4.27. The highest BCUT2D eigenvalue weighted by atomic mass is 35.5. The number of halogens is 2. The molecule has 3 rings (SSSR count). The van der Waals surface area contributed by atoms with Crippen molar-refractivity contribution in [2.75, 3.05) is 20.1 Å². The number of likely N-dealkylation sites (N-methyl/N-ethyl adjacent to an activating group) is 1. The molecule has 0 saturated carbocycles. The molecule has 2 aliphatic rings. The molecule has 1 aromatic rings. The van der Waals surface area contributed by atoms with Gasteiger partial charge >= 0.3 is 0 Å². The average molecular weight is 467 g/mol. The zero-order chi connectivity index (χ0) is 22.9. The fourth-order valence-corrected chi connectivity index (χ4v) is 4.73. The van der Waals surface area contributed by atoms with E-state index in [0.29, 0.717) is 16.5 Å². The molecule has 0 unspecified atom stereocenters. The molecule has 168 valence electrons. The van der Waals surface area contributed by atoms with Crippen molar-refractivity contribution < 1.29 is 14.4 Å². The third kappa shape index (κ3) is 4.73. The number of hydrogen-bond acceptors (Lipinski definition) is 4. The second-order valence-electron chi connectivity index (χ2n) is 8.31. The zero-order valence-electron chi connectivity index (χ0n) is 18.1. The maximum Gasteiger partial charge on any atom is 0.246 e. The summed E-state index contributed by atoms with van der Waals surface area (Å²) < 4.78 is 0. The van der Waals surface area contributed by atoms with E-state index in [9.17, 15) is 14.4 Å².